The molecule has 1 unspecified atom stereocenters. The number of para-hydroxylation sites is 2. The van der Waals surface area contributed by atoms with Gasteiger partial charge in [0.25, 0.3) is 0 Å². The van der Waals surface area contributed by atoms with Gasteiger partial charge in [-0.25, -0.2) is 4.99 Å². The van der Waals surface area contributed by atoms with Gasteiger partial charge in [0.2, 0.25) is 0 Å². The molecule has 2 aliphatic rings. The fourth-order valence-electron chi connectivity index (χ4n) is 5.07. The molecule has 11 heteroatoms. The van der Waals surface area contributed by atoms with E-state index in [1.165, 1.54) is 6.07 Å². The Hall–Kier alpha value is -2.20. The van der Waals surface area contributed by atoms with Crippen molar-refractivity contribution in [3.8, 4) is 5.75 Å². The minimum absolute atomic E-state index is 0. The molecule has 1 atom stereocenters. The fourth-order valence-corrected chi connectivity index (χ4v) is 5.07. The van der Waals surface area contributed by atoms with Crippen molar-refractivity contribution in [2.45, 2.75) is 50.7 Å². The maximum absolute atomic E-state index is 12.6. The van der Waals surface area contributed by atoms with Crippen molar-refractivity contribution in [2.75, 3.05) is 20.1 Å². The molecule has 36 heavy (non-hydrogen) atoms. The molecule has 1 heterocycles. The molecule has 4 N–H and O–H groups in total. The quantitative estimate of drug-likeness (QED) is 0.391. The summed E-state index contributed by atoms with van der Waals surface area (Å²) in [7, 11) is 1.94. The van der Waals surface area contributed by atoms with Gasteiger partial charge in [0.1, 0.15) is 11.9 Å². The fraction of sp³-hybridized carbons (Fsp3) is 0.480. The minimum atomic E-state index is -4.68. The number of guanidine groups is 1. The van der Waals surface area contributed by atoms with E-state index in [0.717, 1.165) is 43.5 Å². The minimum Gasteiger partial charge on any atom is -0.406 e. The van der Waals surface area contributed by atoms with E-state index in [1.54, 1.807) is 18.2 Å². The highest BCUT2D eigenvalue weighted by Gasteiger charge is 2.35. The second kappa shape index (κ2) is 13.4. The van der Waals surface area contributed by atoms with Gasteiger partial charge < -0.3 is 20.7 Å². The van der Waals surface area contributed by atoms with Crippen LogP contribution in [0.1, 0.15) is 43.0 Å². The third-order valence-corrected chi connectivity index (χ3v) is 6.69. The summed E-state index contributed by atoms with van der Waals surface area (Å²) < 4.78 is 41.9. The van der Waals surface area contributed by atoms with Crippen LogP contribution in [0.3, 0.4) is 0 Å². The van der Waals surface area contributed by atoms with E-state index < -0.39 is 6.36 Å². The molecule has 1 saturated carbocycles. The third kappa shape index (κ3) is 7.41. The SMILES string of the molecule is CNC1c2ccccc2N=C(N)N1[C@H]1CC[C@@H](CNCCc2ccccc2OC(F)(F)F)CC1.Cl.Cl. The van der Waals surface area contributed by atoms with Crippen molar-refractivity contribution in [3.05, 3.63) is 59.7 Å². The molecule has 1 fully saturated rings. The van der Waals surface area contributed by atoms with Crippen LogP contribution >= 0.6 is 24.8 Å². The normalized spacial score (nSPS) is 21.5. The monoisotopic (exact) mass is 547 g/mol. The van der Waals surface area contributed by atoms with Crippen LogP contribution in [0.25, 0.3) is 0 Å². The van der Waals surface area contributed by atoms with Crippen molar-refractivity contribution in [1.82, 2.24) is 15.5 Å². The number of benzene rings is 2. The number of hydrogen-bond donors (Lipinski definition) is 3. The van der Waals surface area contributed by atoms with Gasteiger partial charge in [0.05, 0.1) is 5.69 Å². The third-order valence-electron chi connectivity index (χ3n) is 6.69. The van der Waals surface area contributed by atoms with Gasteiger partial charge in [0, 0.05) is 11.6 Å². The number of fused-ring (bicyclic) bond motifs is 1. The first kappa shape index (κ1) is 30.0. The number of nitrogens with zero attached hydrogens (tertiary/aromatic N) is 2. The molecule has 2 aromatic rings. The highest BCUT2D eigenvalue weighted by atomic mass is 35.5. The molecular formula is C25H34Cl2F3N5O. The summed E-state index contributed by atoms with van der Waals surface area (Å²) in [6.07, 6.45) is -0.0333. The van der Waals surface area contributed by atoms with E-state index in [-0.39, 0.29) is 36.7 Å². The van der Waals surface area contributed by atoms with Crippen LogP contribution in [0, 0.1) is 5.92 Å². The number of ether oxygens (including phenoxy) is 1. The second-order valence-corrected chi connectivity index (χ2v) is 8.91. The first-order valence-corrected chi connectivity index (χ1v) is 11.8. The van der Waals surface area contributed by atoms with Crippen molar-refractivity contribution < 1.29 is 17.9 Å². The lowest BCUT2D eigenvalue weighted by Crippen LogP contribution is -2.53. The Balaban J connectivity index is 0.00000228. The molecule has 200 valence electrons. The van der Waals surface area contributed by atoms with E-state index in [0.29, 0.717) is 36.4 Å². The largest absolute Gasteiger partial charge is 0.573 e. The average molecular weight is 548 g/mol. The number of aliphatic imine (C=N–C) groups is 1. The molecule has 0 aromatic heterocycles. The van der Waals surface area contributed by atoms with E-state index in [4.69, 9.17) is 5.73 Å². The molecule has 0 saturated heterocycles. The van der Waals surface area contributed by atoms with Gasteiger partial charge in [-0.3, -0.25) is 5.32 Å². The van der Waals surface area contributed by atoms with Crippen LogP contribution in [0.4, 0.5) is 18.9 Å². The van der Waals surface area contributed by atoms with Gasteiger partial charge in [0.15, 0.2) is 5.96 Å². The number of rotatable bonds is 8. The lowest BCUT2D eigenvalue weighted by Gasteiger charge is -2.44. The van der Waals surface area contributed by atoms with Crippen LogP contribution in [-0.4, -0.2) is 43.4 Å². The summed E-state index contributed by atoms with van der Waals surface area (Å²) >= 11 is 0. The van der Waals surface area contributed by atoms with Crippen molar-refractivity contribution >= 4 is 36.5 Å². The number of nitrogens with one attached hydrogen (secondary N) is 2. The molecule has 6 nitrogen and oxygen atoms in total. The Labute approximate surface area is 222 Å². The second-order valence-electron chi connectivity index (χ2n) is 8.91. The van der Waals surface area contributed by atoms with E-state index in [1.807, 2.05) is 25.2 Å². The zero-order valence-corrected chi connectivity index (χ0v) is 21.8. The van der Waals surface area contributed by atoms with Crippen molar-refractivity contribution in [3.63, 3.8) is 0 Å². The summed E-state index contributed by atoms with van der Waals surface area (Å²) in [6, 6.07) is 14.7. The van der Waals surface area contributed by atoms with Gasteiger partial charge in [-0.15, -0.1) is 38.0 Å². The molecule has 0 spiro atoms. The zero-order valence-electron chi connectivity index (χ0n) is 20.1. The number of halogens is 5. The van der Waals surface area contributed by atoms with Crippen LogP contribution < -0.4 is 21.1 Å². The Morgan fingerprint density at radius 3 is 2.39 bits per heavy atom. The van der Waals surface area contributed by atoms with Crippen LogP contribution in [0.5, 0.6) is 5.75 Å². The Kier molecular flexibility index (Phi) is 11.2. The van der Waals surface area contributed by atoms with Gasteiger partial charge in [-0.05, 0) is 75.9 Å². The van der Waals surface area contributed by atoms with E-state index in [2.05, 4.69) is 31.3 Å². The molecule has 0 radical (unpaired) electrons. The Morgan fingerprint density at radius 2 is 1.69 bits per heavy atom. The molecule has 0 amide bonds. The van der Waals surface area contributed by atoms with Crippen LogP contribution in [0.2, 0.25) is 0 Å². The van der Waals surface area contributed by atoms with Gasteiger partial charge >= 0.3 is 6.36 Å². The predicted octanol–water partition coefficient (Wildman–Crippen LogP) is 5.30. The van der Waals surface area contributed by atoms with Gasteiger partial charge in [-0.2, -0.15) is 0 Å². The molecular weight excluding hydrogens is 514 g/mol. The highest BCUT2D eigenvalue weighted by molar-refractivity contribution is 5.86. The maximum atomic E-state index is 12.6. The molecule has 4 rings (SSSR count). The topological polar surface area (TPSA) is 74.9 Å². The molecule has 1 aliphatic carbocycles. The lowest BCUT2D eigenvalue weighted by atomic mass is 9.84. The Morgan fingerprint density at radius 1 is 1.03 bits per heavy atom. The first-order chi connectivity index (χ1) is 16.4. The zero-order chi connectivity index (χ0) is 24.1. The molecule has 2 aromatic carbocycles. The summed E-state index contributed by atoms with van der Waals surface area (Å²) in [6.45, 7) is 1.44. The number of nitrogens with two attached hydrogens (primary N) is 1. The first-order valence-electron chi connectivity index (χ1n) is 11.8. The summed E-state index contributed by atoms with van der Waals surface area (Å²) in [5.41, 5.74) is 8.97. The predicted molar refractivity (Wildman–Crippen MR) is 141 cm³/mol. The average Bonchev–Trinajstić information content (AvgIpc) is 2.81. The van der Waals surface area contributed by atoms with Crippen molar-refractivity contribution in [2.24, 2.45) is 16.6 Å². The maximum Gasteiger partial charge on any atom is 0.573 e. The van der Waals surface area contributed by atoms with Crippen LogP contribution in [-0.2, 0) is 6.42 Å². The van der Waals surface area contributed by atoms with Gasteiger partial charge in [-0.1, -0.05) is 36.4 Å². The van der Waals surface area contributed by atoms with Crippen LogP contribution in [0.15, 0.2) is 53.5 Å². The van der Waals surface area contributed by atoms with E-state index >= 15 is 0 Å². The summed E-state index contributed by atoms with van der Waals surface area (Å²) in [4.78, 5) is 6.84. The smallest absolute Gasteiger partial charge is 0.406 e. The summed E-state index contributed by atoms with van der Waals surface area (Å²) in [5.74, 6) is 0.958. The molecule has 1 aliphatic heterocycles. The standard InChI is InChI=1S/C25H32F3N5O.2ClH/c1-30-23-20-7-3-4-8-21(20)32-24(29)33(23)19-12-10-17(11-13-19)16-31-15-14-18-6-2-5-9-22(18)34-25(26,27)28;;/h2-9,17,19,23,30-31H,10-16H2,1H3,(H2,29,32);2*1H/t17-,19+,23?;;. The summed E-state index contributed by atoms with van der Waals surface area (Å²) in [5, 5.41) is 6.82. The number of hydrogen-bond acceptors (Lipinski definition) is 6. The Bertz CT molecular complexity index is 1000. The lowest BCUT2D eigenvalue weighted by molar-refractivity contribution is -0.274. The van der Waals surface area contributed by atoms with Crippen molar-refractivity contribution in [1.29, 1.82) is 0 Å². The highest BCUT2D eigenvalue weighted by Crippen LogP contribution is 2.37. The number of alkyl halides is 3. The van der Waals surface area contributed by atoms with E-state index in [9.17, 15) is 13.2 Å². The molecule has 0 bridgehead atoms.